The molecule has 2 heterocycles. The Morgan fingerprint density at radius 2 is 1.82 bits per heavy atom. The average molecular weight is 488 g/mol. The first-order chi connectivity index (χ1) is 15.6. The number of hydrogen-bond acceptors (Lipinski definition) is 6. The molecule has 0 spiro atoms. The molecule has 1 aromatic carbocycles. The zero-order valence-electron chi connectivity index (χ0n) is 17.7. The molecule has 0 aliphatic carbocycles. The number of halogens is 3. The number of rotatable bonds is 9. The Balaban J connectivity index is 1.46. The summed E-state index contributed by atoms with van der Waals surface area (Å²) in [7, 11) is -3.57. The Hall–Kier alpha value is -2.70. The molecule has 1 aliphatic heterocycles. The lowest BCUT2D eigenvalue weighted by molar-refractivity contribution is -0.154. The van der Waals surface area contributed by atoms with Gasteiger partial charge in [-0.2, -0.15) is 17.5 Å². The highest BCUT2D eigenvalue weighted by molar-refractivity contribution is 7.89. The second-order valence-electron chi connectivity index (χ2n) is 7.34. The third kappa shape index (κ3) is 7.69. The summed E-state index contributed by atoms with van der Waals surface area (Å²) in [6.45, 7) is 0.0415. The SMILES string of the molecule is O=C(CCc1ccc(S(=O)(=O)N2CCOCC2)cc1)NCc1ccnc(OCC(F)(F)F)c1. The van der Waals surface area contributed by atoms with Gasteiger partial charge in [0.2, 0.25) is 21.8 Å². The van der Waals surface area contributed by atoms with Crippen molar-refractivity contribution >= 4 is 15.9 Å². The van der Waals surface area contributed by atoms with Crippen molar-refractivity contribution in [3.8, 4) is 5.88 Å². The largest absolute Gasteiger partial charge is 0.468 e. The fraction of sp³-hybridized carbons (Fsp3) is 0.429. The maximum atomic E-state index is 12.6. The summed E-state index contributed by atoms with van der Waals surface area (Å²) in [5.41, 5.74) is 1.35. The molecule has 1 N–H and O–H groups in total. The van der Waals surface area contributed by atoms with E-state index in [1.807, 2.05) is 0 Å². The lowest BCUT2D eigenvalue weighted by atomic mass is 10.1. The standard InChI is InChI=1S/C21H24F3N3O5S/c22-21(23,24)15-32-20-13-17(7-8-25-20)14-26-19(28)6-3-16-1-4-18(5-2-16)33(29,30)27-9-11-31-12-10-27/h1-2,4-5,7-8,13H,3,6,9-12,14-15H2,(H,26,28). The number of hydrogen-bond donors (Lipinski definition) is 1. The van der Waals surface area contributed by atoms with E-state index in [0.29, 0.717) is 38.3 Å². The van der Waals surface area contributed by atoms with Crippen LogP contribution in [-0.2, 0) is 32.5 Å². The van der Waals surface area contributed by atoms with Gasteiger partial charge in [0.1, 0.15) is 0 Å². The van der Waals surface area contributed by atoms with Crippen molar-refractivity contribution < 1.29 is 35.9 Å². The number of pyridine rings is 1. The van der Waals surface area contributed by atoms with Crippen molar-refractivity contribution in [1.29, 1.82) is 0 Å². The van der Waals surface area contributed by atoms with E-state index in [4.69, 9.17) is 4.74 Å². The van der Waals surface area contributed by atoms with Crippen molar-refractivity contribution in [2.45, 2.75) is 30.5 Å². The van der Waals surface area contributed by atoms with Crippen LogP contribution in [0.25, 0.3) is 0 Å². The number of aromatic nitrogens is 1. The minimum Gasteiger partial charge on any atom is -0.468 e. The summed E-state index contributed by atoms with van der Waals surface area (Å²) in [6.07, 6.45) is -2.59. The van der Waals surface area contributed by atoms with Gasteiger partial charge in [0.15, 0.2) is 6.61 Å². The second kappa shape index (κ2) is 10.9. The molecule has 8 nitrogen and oxygen atoms in total. The molecule has 1 fully saturated rings. The quantitative estimate of drug-likeness (QED) is 0.583. The zero-order valence-corrected chi connectivity index (χ0v) is 18.5. The van der Waals surface area contributed by atoms with Crippen LogP contribution in [0.1, 0.15) is 17.5 Å². The fourth-order valence-corrected chi connectivity index (χ4v) is 4.51. The Morgan fingerprint density at radius 1 is 1.12 bits per heavy atom. The van der Waals surface area contributed by atoms with Gasteiger partial charge in [-0.15, -0.1) is 0 Å². The molecule has 180 valence electrons. The van der Waals surface area contributed by atoms with Gasteiger partial charge in [-0.05, 0) is 35.7 Å². The molecule has 12 heteroatoms. The van der Waals surface area contributed by atoms with Crippen molar-refractivity contribution in [2.24, 2.45) is 0 Å². The third-order valence-corrected chi connectivity index (χ3v) is 6.76. The number of carbonyl (C=O) groups is 1. The van der Waals surface area contributed by atoms with Crippen molar-refractivity contribution in [3.63, 3.8) is 0 Å². The number of amides is 1. The molecule has 3 rings (SSSR count). The summed E-state index contributed by atoms with van der Waals surface area (Å²) in [5.74, 6) is -0.430. The predicted octanol–water partition coefficient (Wildman–Crippen LogP) is 2.29. The van der Waals surface area contributed by atoms with Gasteiger partial charge in [-0.25, -0.2) is 13.4 Å². The van der Waals surface area contributed by atoms with Gasteiger partial charge in [-0.3, -0.25) is 4.79 Å². The number of benzene rings is 1. The van der Waals surface area contributed by atoms with E-state index < -0.39 is 22.8 Å². The number of sulfonamides is 1. The van der Waals surface area contributed by atoms with Crippen LogP contribution in [0.4, 0.5) is 13.2 Å². The summed E-state index contributed by atoms with van der Waals surface area (Å²) in [4.78, 5) is 16.0. The molecule has 2 aromatic rings. The number of carbonyl (C=O) groups excluding carboxylic acids is 1. The summed E-state index contributed by atoms with van der Waals surface area (Å²) >= 11 is 0. The number of ether oxygens (including phenoxy) is 2. The number of alkyl halides is 3. The lowest BCUT2D eigenvalue weighted by Crippen LogP contribution is -2.40. The first kappa shape index (κ1) is 24.9. The molecule has 1 amide bonds. The number of aryl methyl sites for hydroxylation is 1. The molecule has 0 unspecified atom stereocenters. The highest BCUT2D eigenvalue weighted by Gasteiger charge is 2.28. The van der Waals surface area contributed by atoms with Crippen LogP contribution in [0, 0.1) is 0 Å². The maximum Gasteiger partial charge on any atom is 0.422 e. The Bertz CT molecular complexity index is 1040. The van der Waals surface area contributed by atoms with Gasteiger partial charge >= 0.3 is 6.18 Å². The summed E-state index contributed by atoms with van der Waals surface area (Å²) in [5, 5.41) is 2.69. The molecule has 0 atom stereocenters. The van der Waals surface area contributed by atoms with E-state index in [9.17, 15) is 26.4 Å². The molecule has 0 saturated carbocycles. The Kier molecular flexibility index (Phi) is 8.27. The van der Waals surface area contributed by atoms with Crippen molar-refractivity contribution in [1.82, 2.24) is 14.6 Å². The van der Waals surface area contributed by atoms with Crippen LogP contribution in [0.2, 0.25) is 0 Å². The third-order valence-electron chi connectivity index (χ3n) is 4.84. The highest BCUT2D eigenvalue weighted by atomic mass is 32.2. The van der Waals surface area contributed by atoms with Crippen LogP contribution in [0.3, 0.4) is 0 Å². The molecular weight excluding hydrogens is 463 g/mol. The normalized spacial score (nSPS) is 15.2. The lowest BCUT2D eigenvalue weighted by Gasteiger charge is -2.26. The molecule has 0 bridgehead atoms. The Morgan fingerprint density at radius 3 is 2.48 bits per heavy atom. The second-order valence-corrected chi connectivity index (χ2v) is 9.28. The summed E-state index contributed by atoms with van der Waals surface area (Å²) < 4.78 is 73.2. The van der Waals surface area contributed by atoms with Crippen LogP contribution < -0.4 is 10.1 Å². The van der Waals surface area contributed by atoms with Gasteiger partial charge in [-0.1, -0.05) is 12.1 Å². The molecule has 1 aromatic heterocycles. The van der Waals surface area contributed by atoms with Crippen LogP contribution in [0.5, 0.6) is 5.88 Å². The van der Waals surface area contributed by atoms with Crippen LogP contribution >= 0.6 is 0 Å². The smallest absolute Gasteiger partial charge is 0.422 e. The topological polar surface area (TPSA) is 97.8 Å². The first-order valence-corrected chi connectivity index (χ1v) is 11.7. The van der Waals surface area contributed by atoms with E-state index in [-0.39, 0.29) is 29.6 Å². The highest BCUT2D eigenvalue weighted by Crippen LogP contribution is 2.19. The molecular formula is C21H24F3N3O5S. The molecule has 1 saturated heterocycles. The van der Waals surface area contributed by atoms with Crippen molar-refractivity contribution in [3.05, 3.63) is 53.7 Å². The molecule has 33 heavy (non-hydrogen) atoms. The van der Waals surface area contributed by atoms with E-state index in [1.165, 1.54) is 28.7 Å². The van der Waals surface area contributed by atoms with E-state index >= 15 is 0 Å². The van der Waals surface area contributed by atoms with Gasteiger partial charge < -0.3 is 14.8 Å². The van der Waals surface area contributed by atoms with Crippen molar-refractivity contribution in [2.75, 3.05) is 32.9 Å². The number of nitrogens with zero attached hydrogens (tertiary/aromatic N) is 2. The fourth-order valence-electron chi connectivity index (χ4n) is 3.11. The van der Waals surface area contributed by atoms with E-state index in [1.54, 1.807) is 18.2 Å². The van der Waals surface area contributed by atoms with Gasteiger partial charge in [0, 0.05) is 38.3 Å². The minimum absolute atomic E-state index is 0.112. The van der Waals surface area contributed by atoms with E-state index in [2.05, 4.69) is 15.0 Å². The monoisotopic (exact) mass is 487 g/mol. The van der Waals surface area contributed by atoms with Gasteiger partial charge in [0.05, 0.1) is 18.1 Å². The minimum atomic E-state index is -4.46. The maximum absolute atomic E-state index is 12.6. The molecule has 0 radical (unpaired) electrons. The number of nitrogens with one attached hydrogen (secondary N) is 1. The first-order valence-electron chi connectivity index (χ1n) is 10.2. The van der Waals surface area contributed by atoms with Crippen LogP contribution in [-0.4, -0.2) is 62.7 Å². The summed E-state index contributed by atoms with van der Waals surface area (Å²) in [6, 6.07) is 9.30. The number of morpholine rings is 1. The average Bonchev–Trinajstić information content (AvgIpc) is 2.81. The predicted molar refractivity (Wildman–Crippen MR) is 112 cm³/mol. The van der Waals surface area contributed by atoms with Crippen LogP contribution in [0.15, 0.2) is 47.5 Å². The molecule has 1 aliphatic rings. The zero-order chi connectivity index (χ0) is 23.9. The van der Waals surface area contributed by atoms with Gasteiger partial charge in [0.25, 0.3) is 0 Å². The van der Waals surface area contributed by atoms with E-state index in [0.717, 1.165) is 5.56 Å². The Labute approximate surface area is 189 Å².